The first-order chi connectivity index (χ1) is 60.0. The van der Waals surface area contributed by atoms with Crippen LogP contribution in [-0.4, -0.2) is 283 Å². The highest BCUT2D eigenvalue weighted by molar-refractivity contribution is 7.80. The number of hydrogen-bond acceptors (Lipinski definition) is 27. The Morgan fingerprint density at radius 3 is 1.21 bits per heavy atom. The fourth-order valence-electron chi connectivity index (χ4n) is 12.9. The van der Waals surface area contributed by atoms with Crippen LogP contribution in [0.3, 0.4) is 0 Å². The van der Waals surface area contributed by atoms with Crippen LogP contribution < -0.4 is 126 Å². The van der Waals surface area contributed by atoms with Gasteiger partial charge in [0.25, 0.3) is 0 Å². The molecule has 0 unspecified atom stereocenters. The number of thiol groups is 1. The molecule has 0 bridgehead atoms. The zero-order valence-electron chi connectivity index (χ0n) is 71.9. The standard InChI is InChI=1S/C80H133N25O20S/c1-46(2)67(79(125)93-40-62(108)90-44-66(112)113)104-76(122)56(20-8-13-35-85)100-75(121)57(21-14-36-89-80(87)88)101-73(119)54(18-6-11-33-83)98-72(118)53(17-5-10-32-82)99-74(120)55(19-7-12-34-84)102-78(124)61-22-15-37-105(61)65(111)43-94-70(116)58(38-48-23-27-50(106)28-24-48)96-64(110)42-92-71(117)60(45-126)103-68(114)47(3)95-77(123)59(39-49-25-29-51(107)30-26-49)97-63(109)41-91-69(115)52(86)16-4-9-31-81/h23-30,46-47,52-61,67,106-107,126H,4-22,31-45,81-86H2,1-3H3,(H,90,108)(H,91,115)(H,92,117)(H,93,125)(H,94,116)(H,95,123)(H,96,110)(H,97,109)(H,98,118)(H,99,120)(H,100,121)(H,101,119)(H,102,124)(H,103,114)(H,104,122)(H,112,113)(H4,87,88,89)/t47-,52-,53-,54-,55-,56-,57-,58-,59-,60-,61-,67-/m0/s1. The third-order valence-electron chi connectivity index (χ3n) is 20.1. The predicted octanol–water partition coefficient (Wildman–Crippen LogP) is -7.98. The first-order valence-corrected chi connectivity index (χ1v) is 43.0. The number of benzene rings is 2. The molecule has 1 fully saturated rings. The van der Waals surface area contributed by atoms with E-state index in [-0.39, 0.29) is 133 Å². The average molecular weight is 1800 g/mol. The zero-order chi connectivity index (χ0) is 93.8. The fourth-order valence-corrected chi connectivity index (χ4v) is 13.2. The van der Waals surface area contributed by atoms with Crippen molar-refractivity contribution in [3.05, 3.63) is 59.7 Å². The van der Waals surface area contributed by atoms with Crippen molar-refractivity contribution in [3.8, 4) is 11.5 Å². The topological polar surface area (TPSA) is 755 Å². The van der Waals surface area contributed by atoms with Crippen LogP contribution in [0.4, 0.5) is 0 Å². The summed E-state index contributed by atoms with van der Waals surface area (Å²) in [4.78, 5) is 238. The number of phenolic OH excluding ortho intramolecular Hbond substituents is 2. The molecule has 704 valence electrons. The van der Waals surface area contributed by atoms with Crippen molar-refractivity contribution in [2.75, 3.05) is 84.3 Å². The molecule has 12 atom stereocenters. The molecule has 3 rings (SSSR count). The van der Waals surface area contributed by atoms with E-state index < -0.39 is 212 Å². The summed E-state index contributed by atoms with van der Waals surface area (Å²) in [6.45, 7) is 2.35. The van der Waals surface area contributed by atoms with E-state index in [4.69, 9.17) is 51.0 Å². The molecule has 0 radical (unpaired) electrons. The molecule has 2 aromatic rings. The molecule has 16 amide bonds. The first kappa shape index (κ1) is 109. The summed E-state index contributed by atoms with van der Waals surface area (Å²) < 4.78 is 0. The van der Waals surface area contributed by atoms with Gasteiger partial charge in [-0.2, -0.15) is 12.6 Å². The summed E-state index contributed by atoms with van der Waals surface area (Å²) in [5.41, 5.74) is 47.0. The number of rotatable bonds is 62. The van der Waals surface area contributed by atoms with Crippen LogP contribution in [0.25, 0.3) is 0 Å². The number of amides is 16. The van der Waals surface area contributed by atoms with E-state index in [9.17, 15) is 91.7 Å². The van der Waals surface area contributed by atoms with Crippen LogP contribution in [0.2, 0.25) is 0 Å². The van der Waals surface area contributed by atoms with E-state index >= 15 is 0 Å². The summed E-state index contributed by atoms with van der Waals surface area (Å²) in [6.07, 6.45) is 4.17. The van der Waals surface area contributed by atoms with Crippen molar-refractivity contribution in [2.45, 2.75) is 228 Å². The van der Waals surface area contributed by atoms with Crippen LogP contribution in [0.1, 0.15) is 154 Å². The third kappa shape index (κ3) is 42.4. The Bertz CT molecular complexity index is 3900. The van der Waals surface area contributed by atoms with Gasteiger partial charge >= 0.3 is 5.97 Å². The number of aromatic hydroxyl groups is 2. The van der Waals surface area contributed by atoms with Crippen LogP contribution in [0.5, 0.6) is 11.5 Å². The van der Waals surface area contributed by atoms with E-state index in [2.05, 4.69) is 97.4 Å². The number of carboxylic acids is 1. The van der Waals surface area contributed by atoms with Gasteiger partial charge in [0.1, 0.15) is 84.5 Å². The first-order valence-electron chi connectivity index (χ1n) is 42.4. The lowest BCUT2D eigenvalue weighted by Crippen LogP contribution is -2.60. The Hall–Kier alpha value is -11.6. The van der Waals surface area contributed by atoms with Crippen LogP contribution in [0.15, 0.2) is 53.5 Å². The monoisotopic (exact) mass is 1800 g/mol. The number of unbranched alkanes of at least 4 members (excludes halogenated alkanes) is 5. The summed E-state index contributed by atoms with van der Waals surface area (Å²) >= 11 is 4.21. The van der Waals surface area contributed by atoms with E-state index in [1.54, 1.807) is 13.8 Å². The Labute approximate surface area is 737 Å². The quantitative estimate of drug-likeness (QED) is 0.0127. The van der Waals surface area contributed by atoms with E-state index in [1.165, 1.54) is 60.4 Å². The molecule has 1 aliphatic rings. The summed E-state index contributed by atoms with van der Waals surface area (Å²) in [5.74, 6) is -15.9. The highest BCUT2D eigenvalue weighted by Crippen LogP contribution is 2.20. The van der Waals surface area contributed by atoms with Crippen molar-refractivity contribution in [1.82, 2.24) is 84.7 Å². The van der Waals surface area contributed by atoms with E-state index in [1.807, 2.05) is 0 Å². The molecule has 0 spiro atoms. The van der Waals surface area contributed by atoms with Crippen molar-refractivity contribution >= 4 is 119 Å². The minimum Gasteiger partial charge on any atom is -0.508 e. The van der Waals surface area contributed by atoms with Gasteiger partial charge in [-0.1, -0.05) is 44.5 Å². The zero-order valence-corrected chi connectivity index (χ0v) is 72.8. The number of nitrogens with two attached hydrogens (primary N) is 8. The second-order valence-corrected chi connectivity index (χ2v) is 31.1. The van der Waals surface area contributed by atoms with Gasteiger partial charge in [-0.3, -0.25) is 86.5 Å². The predicted molar refractivity (Wildman–Crippen MR) is 467 cm³/mol. The molecule has 1 heterocycles. The number of aliphatic imine (C=N–C) groups is 1. The maximum Gasteiger partial charge on any atom is 0.322 e. The van der Waals surface area contributed by atoms with Gasteiger partial charge in [-0.15, -0.1) is 0 Å². The Kier molecular flexibility index (Phi) is 51.8. The van der Waals surface area contributed by atoms with Gasteiger partial charge in [0.05, 0.1) is 32.2 Å². The molecular formula is C80H133N25O20S. The Balaban J connectivity index is 1.82. The minimum atomic E-state index is -1.45. The van der Waals surface area contributed by atoms with Gasteiger partial charge in [-0.05, 0) is 197 Å². The molecule has 0 aromatic heterocycles. The van der Waals surface area contributed by atoms with Crippen molar-refractivity contribution in [3.63, 3.8) is 0 Å². The number of hydrogen-bond donors (Lipinski definition) is 27. The molecule has 34 N–H and O–H groups in total. The SMILES string of the molecule is CC(C)[C@H](NC(=O)[C@H](CCCCN)NC(=O)[C@H](CCCN=C(N)N)NC(=O)[C@H](CCCCN)NC(=O)[C@H](CCCCN)NC(=O)[C@H](CCCCN)NC(=O)[C@@H]1CCCN1C(=O)CNC(=O)[C@H](Cc1ccc(O)cc1)NC(=O)CNC(=O)[C@H](CS)NC(=O)[C@H](C)NC(=O)[C@H](Cc1ccc(O)cc1)NC(=O)CNC(=O)[C@@H](N)CCCCN)C(=O)NCC(=O)NCC(=O)O. The Morgan fingerprint density at radius 2 is 0.786 bits per heavy atom. The summed E-state index contributed by atoms with van der Waals surface area (Å²) in [5, 5.41) is 66.9. The number of likely N-dealkylation sites (tertiary alicyclic amines) is 1. The van der Waals surface area contributed by atoms with E-state index in [0.29, 0.717) is 81.9 Å². The fraction of sp³-hybridized carbons (Fsp3) is 0.625. The highest BCUT2D eigenvalue weighted by Gasteiger charge is 2.39. The molecule has 2 aromatic carbocycles. The maximum absolute atomic E-state index is 14.7. The second-order valence-electron chi connectivity index (χ2n) is 30.8. The number of nitrogens with one attached hydrogen (secondary N) is 15. The molecule has 45 nitrogen and oxygen atoms in total. The van der Waals surface area contributed by atoms with Gasteiger partial charge in [0.15, 0.2) is 5.96 Å². The molecular weight excluding hydrogens is 1660 g/mol. The van der Waals surface area contributed by atoms with Gasteiger partial charge in [0, 0.05) is 31.7 Å². The molecule has 0 saturated carbocycles. The number of aliphatic carboxylic acids is 1. The number of nitrogens with zero attached hydrogens (tertiary/aromatic N) is 2. The molecule has 1 saturated heterocycles. The largest absolute Gasteiger partial charge is 0.508 e. The van der Waals surface area contributed by atoms with Gasteiger partial charge in [-0.25, -0.2) is 0 Å². The second kappa shape index (κ2) is 60.1. The van der Waals surface area contributed by atoms with Crippen LogP contribution in [0, 0.1) is 5.92 Å². The maximum atomic E-state index is 14.7. The minimum absolute atomic E-state index is 0.000872. The molecule has 1 aliphatic heterocycles. The number of phenols is 2. The Morgan fingerprint density at radius 1 is 0.413 bits per heavy atom. The van der Waals surface area contributed by atoms with Crippen LogP contribution in [-0.2, 0) is 94.3 Å². The lowest BCUT2D eigenvalue weighted by atomic mass is 10.0. The summed E-state index contributed by atoms with van der Waals surface area (Å²) in [6, 6.07) is -4.52. The van der Waals surface area contributed by atoms with E-state index in [0.717, 1.165) is 0 Å². The van der Waals surface area contributed by atoms with Crippen molar-refractivity contribution in [2.24, 2.45) is 56.8 Å². The van der Waals surface area contributed by atoms with Gasteiger partial charge in [0.2, 0.25) is 94.5 Å². The number of carbonyl (C=O) groups is 17. The smallest absolute Gasteiger partial charge is 0.322 e. The molecule has 0 aliphatic carbocycles. The van der Waals surface area contributed by atoms with Gasteiger partial charge < -0.3 is 146 Å². The molecule has 46 heteroatoms. The average Bonchev–Trinajstić information content (AvgIpc) is 1.65. The third-order valence-corrected chi connectivity index (χ3v) is 20.4. The highest BCUT2D eigenvalue weighted by atomic mass is 32.1. The van der Waals surface area contributed by atoms with Crippen molar-refractivity contribution in [1.29, 1.82) is 0 Å². The number of guanidine groups is 1. The molecule has 126 heavy (non-hydrogen) atoms. The summed E-state index contributed by atoms with van der Waals surface area (Å²) in [7, 11) is 0. The lowest BCUT2D eigenvalue weighted by molar-refractivity contribution is -0.140. The lowest BCUT2D eigenvalue weighted by Gasteiger charge is -2.29. The normalized spacial score (nSPS) is 14.8. The van der Waals surface area contributed by atoms with Crippen molar-refractivity contribution < 1.29 is 96.8 Å². The number of carbonyl (C=O) groups excluding carboxylic acids is 16. The van der Waals surface area contributed by atoms with Crippen LogP contribution >= 0.6 is 12.6 Å². The number of carboxylic acid groups (broad SMARTS) is 1.